The normalized spacial score (nSPS) is 20.9. The van der Waals surface area contributed by atoms with Crippen molar-refractivity contribution in [1.82, 2.24) is 4.90 Å². The number of para-hydroxylation sites is 1. The van der Waals surface area contributed by atoms with Gasteiger partial charge in [-0.2, -0.15) is 0 Å². The van der Waals surface area contributed by atoms with Crippen molar-refractivity contribution >= 4 is 17.6 Å². The lowest BCUT2D eigenvalue weighted by Gasteiger charge is -2.30. The maximum Gasteiger partial charge on any atom is 0.323 e. The number of carbonyl (C=O) groups is 2. The fourth-order valence-electron chi connectivity index (χ4n) is 3.40. The van der Waals surface area contributed by atoms with E-state index in [1.807, 2.05) is 24.3 Å². The molecule has 1 fully saturated rings. The molecule has 1 aliphatic heterocycles. The van der Waals surface area contributed by atoms with E-state index in [0.717, 1.165) is 36.9 Å². The summed E-state index contributed by atoms with van der Waals surface area (Å²) in [6.45, 7) is -0.196. The average Bonchev–Trinajstić information content (AvgIpc) is 3.12. The number of fused-ring (bicyclic) bond motifs is 1. The van der Waals surface area contributed by atoms with Crippen LogP contribution in [0.5, 0.6) is 0 Å². The van der Waals surface area contributed by atoms with E-state index in [-0.39, 0.29) is 24.5 Å². The molecule has 1 aromatic rings. The number of aliphatic carboxylic acids is 1. The van der Waals surface area contributed by atoms with Crippen LogP contribution >= 0.6 is 0 Å². The molecule has 1 amide bonds. The number of amides is 1. The van der Waals surface area contributed by atoms with Crippen molar-refractivity contribution in [2.75, 3.05) is 11.9 Å². The molecular formula is C16H20N2O3. The van der Waals surface area contributed by atoms with Crippen LogP contribution in [0.1, 0.15) is 31.2 Å². The molecule has 0 aromatic heterocycles. The second-order valence-electron chi connectivity index (χ2n) is 5.86. The zero-order valence-electron chi connectivity index (χ0n) is 11.9. The number of nitrogens with zero attached hydrogens (tertiary/aromatic N) is 1. The molecular weight excluding hydrogens is 268 g/mol. The summed E-state index contributed by atoms with van der Waals surface area (Å²) in [4.78, 5) is 25.4. The van der Waals surface area contributed by atoms with Gasteiger partial charge in [0.2, 0.25) is 5.91 Å². The van der Waals surface area contributed by atoms with Gasteiger partial charge >= 0.3 is 5.97 Å². The van der Waals surface area contributed by atoms with Gasteiger partial charge in [0, 0.05) is 18.2 Å². The predicted octanol–water partition coefficient (Wildman–Crippen LogP) is 1.88. The van der Waals surface area contributed by atoms with Crippen LogP contribution in [-0.4, -0.2) is 40.5 Å². The molecule has 2 aliphatic rings. The minimum absolute atomic E-state index is 0.0825. The van der Waals surface area contributed by atoms with Crippen LogP contribution in [0, 0.1) is 0 Å². The third kappa shape index (κ3) is 2.86. The van der Waals surface area contributed by atoms with E-state index in [0.29, 0.717) is 6.42 Å². The van der Waals surface area contributed by atoms with Crippen molar-refractivity contribution in [3.8, 4) is 0 Å². The Kier molecular flexibility index (Phi) is 3.82. The third-order valence-corrected chi connectivity index (χ3v) is 4.42. The van der Waals surface area contributed by atoms with Gasteiger partial charge in [-0.3, -0.25) is 9.59 Å². The van der Waals surface area contributed by atoms with Gasteiger partial charge in [0.1, 0.15) is 12.6 Å². The lowest BCUT2D eigenvalue weighted by atomic mass is 10.1. The summed E-state index contributed by atoms with van der Waals surface area (Å²) < 4.78 is 0. The van der Waals surface area contributed by atoms with E-state index in [1.165, 1.54) is 0 Å². The van der Waals surface area contributed by atoms with Gasteiger partial charge in [-0.15, -0.1) is 0 Å². The Balaban J connectivity index is 1.74. The number of hydrogen-bond acceptors (Lipinski definition) is 3. The first-order valence-electron chi connectivity index (χ1n) is 7.52. The quantitative estimate of drug-likeness (QED) is 0.887. The highest BCUT2D eigenvalue weighted by molar-refractivity contribution is 5.90. The highest BCUT2D eigenvalue weighted by Gasteiger charge is 2.35. The van der Waals surface area contributed by atoms with Gasteiger partial charge in [-0.1, -0.05) is 31.0 Å². The van der Waals surface area contributed by atoms with Crippen LogP contribution in [-0.2, 0) is 16.0 Å². The van der Waals surface area contributed by atoms with E-state index in [2.05, 4.69) is 5.32 Å². The first-order chi connectivity index (χ1) is 10.1. The van der Waals surface area contributed by atoms with Crippen LogP contribution in [0.2, 0.25) is 0 Å². The van der Waals surface area contributed by atoms with Gasteiger partial charge in [0.15, 0.2) is 0 Å². The minimum Gasteiger partial charge on any atom is -0.480 e. The first kappa shape index (κ1) is 13.9. The van der Waals surface area contributed by atoms with Crippen LogP contribution in [0.15, 0.2) is 24.3 Å². The molecule has 21 heavy (non-hydrogen) atoms. The van der Waals surface area contributed by atoms with E-state index < -0.39 is 5.97 Å². The third-order valence-electron chi connectivity index (χ3n) is 4.42. The van der Waals surface area contributed by atoms with E-state index in [1.54, 1.807) is 4.90 Å². The Morgan fingerprint density at radius 1 is 1.24 bits per heavy atom. The highest BCUT2D eigenvalue weighted by atomic mass is 16.4. The molecule has 3 rings (SSSR count). The van der Waals surface area contributed by atoms with Crippen molar-refractivity contribution in [2.24, 2.45) is 0 Å². The highest BCUT2D eigenvalue weighted by Crippen LogP contribution is 2.29. The zero-order valence-corrected chi connectivity index (χ0v) is 11.9. The molecule has 112 valence electrons. The summed E-state index contributed by atoms with van der Waals surface area (Å²) in [5.74, 6) is -1.02. The first-order valence-corrected chi connectivity index (χ1v) is 7.52. The van der Waals surface area contributed by atoms with Crippen LogP contribution in [0.25, 0.3) is 0 Å². The molecule has 0 saturated heterocycles. The summed E-state index contributed by atoms with van der Waals surface area (Å²) in [5.41, 5.74) is 2.11. The van der Waals surface area contributed by atoms with Crippen LogP contribution in [0.4, 0.5) is 5.69 Å². The van der Waals surface area contributed by atoms with Crippen LogP contribution in [0.3, 0.4) is 0 Å². The van der Waals surface area contributed by atoms with Crippen molar-refractivity contribution < 1.29 is 14.7 Å². The van der Waals surface area contributed by atoms with Crippen LogP contribution < -0.4 is 5.32 Å². The smallest absolute Gasteiger partial charge is 0.323 e. The standard InChI is InChI=1S/C16H20N2O3/c19-15(20)10-18(12-6-2-3-7-12)16(21)14-9-11-5-1-4-8-13(11)17-14/h1,4-5,8,12,14,17H,2-3,6-7,9-10H2,(H,19,20). The van der Waals surface area contributed by atoms with Gasteiger partial charge in [-0.05, 0) is 24.5 Å². The Morgan fingerprint density at radius 2 is 1.95 bits per heavy atom. The predicted molar refractivity (Wildman–Crippen MR) is 79.2 cm³/mol. The van der Waals surface area contributed by atoms with Gasteiger partial charge in [0.25, 0.3) is 0 Å². The lowest BCUT2D eigenvalue weighted by Crippen LogP contribution is -2.48. The fourth-order valence-corrected chi connectivity index (χ4v) is 3.40. The Morgan fingerprint density at radius 3 is 2.62 bits per heavy atom. The van der Waals surface area contributed by atoms with Gasteiger partial charge in [-0.25, -0.2) is 0 Å². The molecule has 0 radical (unpaired) electrons. The van der Waals surface area contributed by atoms with Gasteiger partial charge in [0.05, 0.1) is 0 Å². The second kappa shape index (κ2) is 5.76. The van der Waals surface area contributed by atoms with E-state index >= 15 is 0 Å². The summed E-state index contributed by atoms with van der Waals surface area (Å²) in [7, 11) is 0. The number of benzene rings is 1. The molecule has 1 heterocycles. The molecule has 1 aromatic carbocycles. The number of rotatable bonds is 4. The van der Waals surface area contributed by atoms with Gasteiger partial charge < -0.3 is 15.3 Å². The summed E-state index contributed by atoms with van der Waals surface area (Å²) in [6, 6.07) is 7.61. The number of anilines is 1. The average molecular weight is 288 g/mol. The lowest BCUT2D eigenvalue weighted by molar-refractivity contribution is -0.146. The molecule has 0 spiro atoms. The van der Waals surface area contributed by atoms with Crippen molar-refractivity contribution in [1.29, 1.82) is 0 Å². The molecule has 5 heteroatoms. The zero-order chi connectivity index (χ0) is 14.8. The molecule has 1 aliphatic carbocycles. The largest absolute Gasteiger partial charge is 0.480 e. The molecule has 0 bridgehead atoms. The summed E-state index contributed by atoms with van der Waals surface area (Å²) in [6.07, 6.45) is 4.62. The molecule has 2 N–H and O–H groups in total. The van der Waals surface area contributed by atoms with E-state index in [4.69, 9.17) is 5.11 Å². The Labute approximate surface area is 123 Å². The second-order valence-corrected chi connectivity index (χ2v) is 5.86. The fraction of sp³-hybridized carbons (Fsp3) is 0.500. The SMILES string of the molecule is O=C(O)CN(C(=O)C1Cc2ccccc2N1)C1CCCC1. The molecule has 1 atom stereocenters. The minimum atomic E-state index is -0.939. The molecule has 1 unspecified atom stereocenters. The number of carbonyl (C=O) groups excluding carboxylic acids is 1. The number of hydrogen-bond donors (Lipinski definition) is 2. The van der Waals surface area contributed by atoms with E-state index in [9.17, 15) is 9.59 Å². The summed E-state index contributed by atoms with van der Waals surface area (Å²) >= 11 is 0. The number of carboxylic acids is 1. The maximum atomic E-state index is 12.7. The van der Waals surface area contributed by atoms with Crippen molar-refractivity contribution in [3.05, 3.63) is 29.8 Å². The number of carboxylic acid groups (broad SMARTS) is 1. The summed E-state index contributed by atoms with van der Waals surface area (Å²) in [5, 5.41) is 12.3. The topological polar surface area (TPSA) is 69.6 Å². The maximum absolute atomic E-state index is 12.7. The Hall–Kier alpha value is -2.04. The molecule has 1 saturated carbocycles. The molecule has 5 nitrogen and oxygen atoms in total. The Bertz CT molecular complexity index is 527. The number of nitrogens with one attached hydrogen (secondary N) is 1. The van der Waals surface area contributed by atoms with Crippen molar-refractivity contribution in [3.63, 3.8) is 0 Å². The monoisotopic (exact) mass is 288 g/mol. The van der Waals surface area contributed by atoms with Crippen molar-refractivity contribution in [2.45, 2.75) is 44.2 Å².